The number of amides is 5. The number of nitrogens with one attached hydrogen (secondary N) is 2. The molecular weight excluding hydrogens is 1160 g/mol. The molecule has 0 saturated heterocycles. The van der Waals surface area contributed by atoms with Gasteiger partial charge < -0.3 is 42.5 Å². The van der Waals surface area contributed by atoms with E-state index in [0.29, 0.717) is 114 Å². The van der Waals surface area contributed by atoms with E-state index in [4.69, 9.17) is 17.2 Å². The molecule has 0 bridgehead atoms. The fourth-order valence-corrected chi connectivity index (χ4v) is 13.2. The van der Waals surface area contributed by atoms with Gasteiger partial charge in [-0.25, -0.2) is 0 Å². The van der Waals surface area contributed by atoms with Gasteiger partial charge in [0.05, 0.1) is 0 Å². The molecule has 0 spiro atoms. The Morgan fingerprint density at radius 2 is 0.511 bits per heavy atom. The summed E-state index contributed by atoms with van der Waals surface area (Å²) in [5.41, 5.74) is 18.7. The molecule has 0 aliphatic carbocycles. The molecule has 2 aromatic rings. The lowest BCUT2D eigenvalue weighted by Crippen LogP contribution is -2.52. The van der Waals surface area contributed by atoms with E-state index in [-0.39, 0.29) is 48.8 Å². The molecule has 536 valence electrons. The lowest BCUT2D eigenvalue weighted by atomic mass is 9.82. The first kappa shape index (κ1) is 85.3. The van der Waals surface area contributed by atoms with E-state index >= 15 is 19.2 Å². The first-order valence-electron chi connectivity index (χ1n) is 39.1. The number of hydrogen-bond donors (Lipinski definition) is 5. The summed E-state index contributed by atoms with van der Waals surface area (Å²) in [5.74, 6) is 6.26. The van der Waals surface area contributed by atoms with Gasteiger partial charge in [0.2, 0.25) is 17.7 Å². The topological polar surface area (TPSA) is 197 Å². The zero-order chi connectivity index (χ0) is 68.6. The van der Waals surface area contributed by atoms with Crippen molar-refractivity contribution >= 4 is 29.5 Å². The van der Waals surface area contributed by atoms with E-state index in [9.17, 15) is 4.79 Å². The summed E-state index contributed by atoms with van der Waals surface area (Å²) in [7, 11) is 0. The minimum Gasteiger partial charge on any atom is -0.347 e. The summed E-state index contributed by atoms with van der Waals surface area (Å²) in [4.78, 5) is 80.0. The highest BCUT2D eigenvalue weighted by molar-refractivity contribution is 5.95. The third kappa shape index (κ3) is 39.4. The van der Waals surface area contributed by atoms with Crippen molar-refractivity contribution in [3.8, 4) is 11.8 Å². The maximum absolute atomic E-state index is 15.2. The average Bonchev–Trinajstić information content (AvgIpc) is 0.942. The first-order valence-corrected chi connectivity index (χ1v) is 39.1. The van der Waals surface area contributed by atoms with Crippen molar-refractivity contribution in [3.05, 3.63) is 70.8 Å². The maximum atomic E-state index is 15.2. The molecule has 0 heterocycles. The van der Waals surface area contributed by atoms with Gasteiger partial charge in [-0.2, -0.15) is 0 Å². The van der Waals surface area contributed by atoms with Crippen LogP contribution >= 0.6 is 0 Å². The van der Waals surface area contributed by atoms with Crippen molar-refractivity contribution in [3.63, 3.8) is 0 Å². The SMILES string of the molecule is CCCCCCCCN(CCCCCCCC)C(=O)CCC(CCC(=O)N(CCCCCCCC)CCCCCCCC)(CCC(=O)N(CCCCCCCC)CCCCCCCC)NC(=O)c1ccc(C#Cc2ccc(C(=O)NC(CCN)(CCN)CCN)cc2)cc1. The minimum absolute atomic E-state index is 0.0920. The number of carbonyl (C=O) groups excluding carboxylic acids is 5. The largest absolute Gasteiger partial charge is 0.347 e. The highest BCUT2D eigenvalue weighted by atomic mass is 16.2. The van der Waals surface area contributed by atoms with E-state index in [1.807, 2.05) is 24.3 Å². The molecule has 94 heavy (non-hydrogen) atoms. The van der Waals surface area contributed by atoms with Crippen LogP contribution in [0.15, 0.2) is 48.5 Å². The summed E-state index contributed by atoms with van der Waals surface area (Å²) in [5, 5.41) is 6.73. The van der Waals surface area contributed by atoms with Crippen LogP contribution in [-0.4, -0.2) is 114 Å². The van der Waals surface area contributed by atoms with Crippen LogP contribution in [0.4, 0.5) is 0 Å². The van der Waals surface area contributed by atoms with Gasteiger partial charge in [0, 0.05) is 91.9 Å². The smallest absolute Gasteiger partial charge is 0.251 e. The second kappa shape index (κ2) is 56.3. The van der Waals surface area contributed by atoms with Crippen LogP contribution in [0, 0.1) is 11.8 Å². The predicted molar refractivity (Wildman–Crippen MR) is 398 cm³/mol. The Kier molecular flexibility index (Phi) is 51.1. The Morgan fingerprint density at radius 3 is 0.723 bits per heavy atom. The van der Waals surface area contributed by atoms with Crippen LogP contribution in [0.2, 0.25) is 0 Å². The molecule has 0 aromatic heterocycles. The normalized spacial score (nSPS) is 11.5. The second-order valence-corrected chi connectivity index (χ2v) is 27.7. The van der Waals surface area contributed by atoms with Gasteiger partial charge in [0.15, 0.2) is 0 Å². The summed E-state index contributed by atoms with van der Waals surface area (Å²) >= 11 is 0. The van der Waals surface area contributed by atoms with E-state index in [0.717, 1.165) is 82.6 Å². The van der Waals surface area contributed by atoms with Crippen molar-refractivity contribution < 1.29 is 24.0 Å². The Hall–Kier alpha value is -4.77. The van der Waals surface area contributed by atoms with Crippen LogP contribution in [-0.2, 0) is 14.4 Å². The lowest BCUT2D eigenvalue weighted by molar-refractivity contribution is -0.132. The van der Waals surface area contributed by atoms with Crippen LogP contribution < -0.4 is 27.8 Å². The van der Waals surface area contributed by atoms with E-state index < -0.39 is 11.1 Å². The van der Waals surface area contributed by atoms with Gasteiger partial charge in [-0.05, 0) is 145 Å². The van der Waals surface area contributed by atoms with E-state index in [1.54, 1.807) is 24.3 Å². The van der Waals surface area contributed by atoms with Crippen molar-refractivity contribution in [2.24, 2.45) is 17.2 Å². The van der Waals surface area contributed by atoms with Crippen molar-refractivity contribution in [2.75, 3.05) is 58.9 Å². The van der Waals surface area contributed by atoms with Gasteiger partial charge in [-0.3, -0.25) is 24.0 Å². The Morgan fingerprint density at radius 1 is 0.309 bits per heavy atom. The quantitative estimate of drug-likeness (QED) is 0.0318. The number of nitrogens with zero attached hydrogens (tertiary/aromatic N) is 3. The molecule has 0 aliphatic heterocycles. The van der Waals surface area contributed by atoms with Gasteiger partial charge in [0.25, 0.3) is 11.8 Å². The molecule has 0 unspecified atom stereocenters. The average molecular weight is 1310 g/mol. The Balaban J connectivity index is 2.74. The standard InChI is InChI=1S/C81H142N8O5/c1-7-13-19-25-31-37-65-87(66-38-32-26-20-14-8-2)75(90)53-56-80(57-54-76(91)88(67-39-33-27-21-15-9-3)68-40-34-28-22-16-10-4,58-55-77(92)89(69-41-35-29-23-17-11-5)70-42-36-30-24-18-12-6)85-78(93)73-49-45-71(46-50-73)43-44-72-47-51-74(52-48-72)79(94)86-81(59-62-82,60-63-83)61-64-84/h45-52H,7-42,53-70,82-84H2,1-6H3,(H,85,93)(H,86,94). The number of benzene rings is 2. The zero-order valence-corrected chi connectivity index (χ0v) is 61.4. The molecule has 0 radical (unpaired) electrons. The molecule has 5 amide bonds. The third-order valence-electron chi connectivity index (χ3n) is 19.5. The Bertz CT molecular complexity index is 2100. The molecule has 13 nitrogen and oxygen atoms in total. The summed E-state index contributed by atoms with van der Waals surface area (Å²) in [6.07, 6.45) is 44.5. The molecule has 0 fully saturated rings. The fraction of sp³-hybridized carbons (Fsp3) is 0.765. The summed E-state index contributed by atoms with van der Waals surface area (Å²) in [6.45, 7) is 19.0. The number of hydrogen-bond acceptors (Lipinski definition) is 8. The zero-order valence-electron chi connectivity index (χ0n) is 61.4. The summed E-state index contributed by atoms with van der Waals surface area (Å²) < 4.78 is 0. The van der Waals surface area contributed by atoms with E-state index in [1.165, 1.54) is 154 Å². The maximum Gasteiger partial charge on any atom is 0.251 e. The monoisotopic (exact) mass is 1310 g/mol. The molecule has 8 N–H and O–H groups in total. The molecule has 0 atom stereocenters. The summed E-state index contributed by atoms with van der Waals surface area (Å²) in [6, 6.07) is 14.5. The highest BCUT2D eigenvalue weighted by Crippen LogP contribution is 2.30. The van der Waals surface area contributed by atoms with Gasteiger partial charge >= 0.3 is 0 Å². The van der Waals surface area contributed by atoms with Crippen molar-refractivity contribution in [1.82, 2.24) is 25.3 Å². The van der Waals surface area contributed by atoms with Crippen LogP contribution in [0.3, 0.4) is 0 Å². The number of nitrogens with two attached hydrogens (primary N) is 3. The number of carbonyl (C=O) groups is 5. The highest BCUT2D eigenvalue weighted by Gasteiger charge is 2.36. The third-order valence-corrected chi connectivity index (χ3v) is 19.5. The molecular formula is C81H142N8O5. The van der Waals surface area contributed by atoms with Crippen LogP contribution in [0.25, 0.3) is 0 Å². The minimum atomic E-state index is -1.04. The van der Waals surface area contributed by atoms with Crippen molar-refractivity contribution in [2.45, 2.75) is 342 Å². The molecule has 0 aliphatic rings. The lowest BCUT2D eigenvalue weighted by Gasteiger charge is -2.37. The fourth-order valence-electron chi connectivity index (χ4n) is 13.2. The first-order chi connectivity index (χ1) is 45.8. The van der Waals surface area contributed by atoms with Crippen molar-refractivity contribution in [1.29, 1.82) is 0 Å². The van der Waals surface area contributed by atoms with Gasteiger partial charge in [0.1, 0.15) is 0 Å². The molecule has 2 rings (SSSR count). The van der Waals surface area contributed by atoms with Gasteiger partial charge in [-0.1, -0.05) is 246 Å². The molecule has 2 aromatic carbocycles. The van der Waals surface area contributed by atoms with Gasteiger partial charge in [-0.15, -0.1) is 0 Å². The Labute approximate surface area is 576 Å². The predicted octanol–water partition coefficient (Wildman–Crippen LogP) is 18.1. The number of rotatable bonds is 61. The van der Waals surface area contributed by atoms with Crippen LogP contribution in [0.5, 0.6) is 0 Å². The number of unbranched alkanes of at least 4 members (excludes halogenated alkanes) is 30. The van der Waals surface area contributed by atoms with Crippen LogP contribution in [0.1, 0.15) is 362 Å². The molecule has 0 saturated carbocycles. The van der Waals surface area contributed by atoms with E-state index in [2.05, 4.69) is 78.7 Å². The second-order valence-electron chi connectivity index (χ2n) is 27.7. The molecule has 13 heteroatoms.